The van der Waals surface area contributed by atoms with Crippen LogP contribution in [0, 0.1) is 6.92 Å². The number of hydrogen-bond donors (Lipinski definition) is 1. The summed E-state index contributed by atoms with van der Waals surface area (Å²) in [5, 5.41) is 10.5. The quantitative estimate of drug-likeness (QED) is 0.415. The molecule has 0 saturated heterocycles. The Morgan fingerprint density at radius 2 is 1.80 bits per heavy atom. The third-order valence-corrected chi connectivity index (χ3v) is 4.41. The largest absolute Gasteiger partial charge is 1.00 e. The van der Waals surface area contributed by atoms with Crippen molar-refractivity contribution < 1.29 is 38.4 Å². The monoisotopic (exact) mass is 452 g/mol. The predicted octanol–water partition coefficient (Wildman–Crippen LogP) is -0.219. The van der Waals surface area contributed by atoms with E-state index in [1.54, 1.807) is 0 Å². The highest BCUT2D eigenvalue weighted by Crippen LogP contribution is 2.16. The van der Waals surface area contributed by atoms with Crippen LogP contribution in [-0.2, 0) is 20.0 Å². The molecule has 0 radical (unpaired) electrons. The van der Waals surface area contributed by atoms with Crippen molar-refractivity contribution in [3.63, 3.8) is 0 Å². The summed E-state index contributed by atoms with van der Waals surface area (Å²) >= 11 is 0. The van der Waals surface area contributed by atoms with Crippen LogP contribution in [0.3, 0.4) is 0 Å². The fraction of sp³-hybridized carbons (Fsp3) is 0.350. The number of hydrogen-bond acceptors (Lipinski definition) is 2. The van der Waals surface area contributed by atoms with Gasteiger partial charge in [0.25, 0.3) is 5.82 Å². The lowest BCUT2D eigenvalue weighted by Crippen LogP contribution is -3.00. The maximum atomic E-state index is 10.5. The second-order valence-corrected chi connectivity index (χ2v) is 6.21. The van der Waals surface area contributed by atoms with Gasteiger partial charge in [-0.2, -0.15) is 0 Å². The second-order valence-electron chi connectivity index (χ2n) is 6.21. The van der Waals surface area contributed by atoms with Crippen LogP contribution < -0.4 is 33.3 Å². The number of fused-ring (bicyclic) bond motifs is 1. The first-order valence-electron chi connectivity index (χ1n) is 8.43. The Morgan fingerprint density at radius 1 is 1.12 bits per heavy atom. The number of benzene rings is 2. The maximum Gasteiger partial charge on any atom is 0.256 e. The number of halogens is 1. The number of ether oxygens (including phenoxy) is 1. The summed E-state index contributed by atoms with van der Waals surface area (Å²) in [5.74, 6) is 1.99. The van der Waals surface area contributed by atoms with Crippen LogP contribution >= 0.6 is 0 Å². The van der Waals surface area contributed by atoms with E-state index in [4.69, 9.17) is 4.74 Å². The van der Waals surface area contributed by atoms with E-state index in [-0.39, 0.29) is 30.6 Å². The van der Waals surface area contributed by atoms with E-state index in [1.165, 1.54) is 16.9 Å². The minimum absolute atomic E-state index is 0. The molecular weight excluding hydrogens is 427 g/mol. The molecule has 25 heavy (non-hydrogen) atoms. The molecule has 1 aromatic heterocycles. The lowest BCUT2D eigenvalue weighted by atomic mass is 10.2. The van der Waals surface area contributed by atoms with E-state index in [0.29, 0.717) is 6.54 Å². The molecule has 134 valence electrons. The molecule has 0 saturated carbocycles. The van der Waals surface area contributed by atoms with Crippen LogP contribution in [0.15, 0.2) is 48.5 Å². The van der Waals surface area contributed by atoms with E-state index in [1.807, 2.05) is 43.3 Å². The van der Waals surface area contributed by atoms with Crippen molar-refractivity contribution in [2.75, 3.05) is 6.61 Å². The van der Waals surface area contributed by atoms with Crippen LogP contribution in [0.1, 0.15) is 18.3 Å². The number of aliphatic hydroxyl groups is 1. The fourth-order valence-electron chi connectivity index (χ4n) is 3.16. The van der Waals surface area contributed by atoms with E-state index >= 15 is 0 Å². The van der Waals surface area contributed by atoms with Crippen molar-refractivity contribution in [3.05, 3.63) is 59.9 Å². The highest BCUT2D eigenvalue weighted by atomic mass is 127. The van der Waals surface area contributed by atoms with Gasteiger partial charge < -0.3 is 33.8 Å². The van der Waals surface area contributed by atoms with E-state index in [0.717, 1.165) is 17.7 Å². The van der Waals surface area contributed by atoms with E-state index in [2.05, 4.69) is 35.2 Å². The van der Waals surface area contributed by atoms with Crippen LogP contribution in [0.25, 0.3) is 11.0 Å². The molecule has 1 unspecified atom stereocenters. The predicted molar refractivity (Wildman–Crippen MR) is 95.2 cm³/mol. The molecule has 5 heteroatoms. The average Bonchev–Trinajstić information content (AvgIpc) is 2.86. The summed E-state index contributed by atoms with van der Waals surface area (Å²) in [6.45, 7) is 4.99. The van der Waals surface area contributed by atoms with Crippen molar-refractivity contribution in [1.29, 1.82) is 0 Å². The SMILES string of the molecule is CCc1n(CC(O)COc2ccc(C)cc2)c2ccccc2[n+]1C.[I-]. The Morgan fingerprint density at radius 3 is 2.48 bits per heavy atom. The molecule has 0 bridgehead atoms. The van der Waals surface area contributed by atoms with Gasteiger partial charge in [0.1, 0.15) is 25.0 Å². The van der Waals surface area contributed by atoms with Crippen molar-refractivity contribution >= 4 is 11.0 Å². The van der Waals surface area contributed by atoms with E-state index in [9.17, 15) is 5.11 Å². The summed E-state index contributed by atoms with van der Waals surface area (Å²) in [5.41, 5.74) is 3.52. The normalized spacial score (nSPS) is 12.0. The zero-order valence-electron chi connectivity index (χ0n) is 14.9. The van der Waals surface area contributed by atoms with Gasteiger partial charge >= 0.3 is 0 Å². The highest BCUT2D eigenvalue weighted by Gasteiger charge is 2.23. The van der Waals surface area contributed by atoms with Crippen LogP contribution in [0.5, 0.6) is 5.75 Å². The van der Waals surface area contributed by atoms with Gasteiger partial charge in [-0.05, 0) is 31.2 Å². The number of aromatic nitrogens is 2. The molecule has 3 aromatic rings. The minimum atomic E-state index is -0.563. The Labute approximate surface area is 166 Å². The van der Waals surface area contributed by atoms with Crippen molar-refractivity contribution in [3.8, 4) is 5.75 Å². The number of aliphatic hydroxyl groups excluding tert-OH is 1. The first kappa shape index (κ1) is 19.7. The lowest BCUT2D eigenvalue weighted by molar-refractivity contribution is -0.653. The Balaban J connectivity index is 0.00000225. The number of rotatable bonds is 6. The van der Waals surface area contributed by atoms with Gasteiger partial charge in [0.05, 0.1) is 7.05 Å². The zero-order valence-corrected chi connectivity index (χ0v) is 17.1. The van der Waals surface area contributed by atoms with Gasteiger partial charge in [0.15, 0.2) is 11.0 Å². The summed E-state index contributed by atoms with van der Waals surface area (Å²) in [6, 6.07) is 16.2. The topological polar surface area (TPSA) is 38.3 Å². The third-order valence-electron chi connectivity index (χ3n) is 4.41. The smallest absolute Gasteiger partial charge is 0.256 e. The maximum absolute atomic E-state index is 10.5. The van der Waals surface area contributed by atoms with Crippen molar-refractivity contribution in [1.82, 2.24) is 4.57 Å². The standard InChI is InChI=1S/C20H25N2O2.HI/c1-4-20-21(3)18-7-5-6-8-19(18)22(20)13-16(23)14-24-17-11-9-15(2)10-12-17;/h5-12,16,23H,4,13-14H2,1-3H3;1H/q+1;/p-1. The molecular formula is C20H25IN2O2. The third kappa shape index (κ3) is 4.33. The van der Waals surface area contributed by atoms with Gasteiger partial charge in [-0.1, -0.05) is 36.8 Å². The van der Waals surface area contributed by atoms with Crippen LogP contribution in [0.2, 0.25) is 0 Å². The first-order valence-corrected chi connectivity index (χ1v) is 8.43. The average molecular weight is 452 g/mol. The molecule has 1 heterocycles. The number of para-hydroxylation sites is 2. The zero-order chi connectivity index (χ0) is 17.1. The molecule has 0 aliphatic carbocycles. The van der Waals surface area contributed by atoms with Crippen molar-refractivity contribution in [2.45, 2.75) is 32.9 Å². The molecule has 4 nitrogen and oxygen atoms in total. The fourth-order valence-corrected chi connectivity index (χ4v) is 3.16. The Hall–Kier alpha value is -1.60. The number of imidazole rings is 1. The van der Waals surface area contributed by atoms with Crippen LogP contribution in [0.4, 0.5) is 0 Å². The summed E-state index contributed by atoms with van der Waals surface area (Å²) in [6.07, 6.45) is 0.351. The molecule has 0 amide bonds. The molecule has 1 atom stereocenters. The molecule has 0 spiro atoms. The molecule has 2 aromatic carbocycles. The Bertz CT molecular complexity index is 828. The van der Waals surface area contributed by atoms with Crippen molar-refractivity contribution in [2.24, 2.45) is 7.05 Å². The van der Waals surface area contributed by atoms with Gasteiger partial charge in [-0.15, -0.1) is 0 Å². The number of aryl methyl sites for hydroxylation is 2. The molecule has 1 N–H and O–H groups in total. The second kappa shape index (κ2) is 8.67. The lowest BCUT2D eigenvalue weighted by Gasteiger charge is -2.12. The van der Waals surface area contributed by atoms with Crippen LogP contribution in [-0.4, -0.2) is 22.4 Å². The van der Waals surface area contributed by atoms with Gasteiger partial charge in [-0.3, -0.25) is 0 Å². The molecule has 0 aliphatic rings. The first-order chi connectivity index (χ1) is 11.6. The minimum Gasteiger partial charge on any atom is -1.00 e. The summed E-state index contributed by atoms with van der Waals surface area (Å²) < 4.78 is 10.1. The summed E-state index contributed by atoms with van der Waals surface area (Å²) in [4.78, 5) is 0. The molecule has 0 aliphatic heterocycles. The molecule has 3 rings (SSSR count). The summed E-state index contributed by atoms with van der Waals surface area (Å²) in [7, 11) is 2.08. The number of nitrogens with zero attached hydrogens (tertiary/aromatic N) is 2. The van der Waals surface area contributed by atoms with Gasteiger partial charge in [-0.25, -0.2) is 9.13 Å². The van der Waals surface area contributed by atoms with Gasteiger partial charge in [0, 0.05) is 6.42 Å². The molecule has 0 fully saturated rings. The van der Waals surface area contributed by atoms with E-state index < -0.39 is 6.10 Å². The Kier molecular flexibility index (Phi) is 6.84. The highest BCUT2D eigenvalue weighted by molar-refractivity contribution is 5.72. The van der Waals surface area contributed by atoms with Gasteiger partial charge in [0.2, 0.25) is 0 Å².